The van der Waals surface area contributed by atoms with Gasteiger partial charge in [0, 0.05) is 5.69 Å². The first-order valence-corrected chi connectivity index (χ1v) is 10.6. The molecule has 3 heterocycles. The fourth-order valence-corrected chi connectivity index (χ4v) is 4.27. The Kier molecular flexibility index (Phi) is 5.21. The van der Waals surface area contributed by atoms with E-state index in [0.717, 1.165) is 44.4 Å². The Bertz CT molecular complexity index is 1140. The summed E-state index contributed by atoms with van der Waals surface area (Å²) in [5.41, 5.74) is 2.28. The van der Waals surface area contributed by atoms with Gasteiger partial charge in [-0.3, -0.25) is 4.57 Å². The van der Waals surface area contributed by atoms with Gasteiger partial charge in [0.15, 0.2) is 12.4 Å². The molecule has 1 aliphatic rings. The summed E-state index contributed by atoms with van der Waals surface area (Å²) in [6.07, 6.45) is 1.67. The third-order valence-electron chi connectivity index (χ3n) is 5.56. The Balaban J connectivity index is 1.39. The zero-order valence-electron chi connectivity index (χ0n) is 16.6. The number of furan rings is 1. The van der Waals surface area contributed by atoms with Crippen molar-refractivity contribution < 1.29 is 9.32 Å². The zero-order valence-corrected chi connectivity index (χ0v) is 17.5. The van der Waals surface area contributed by atoms with Crippen LogP contribution < -0.4 is 9.80 Å². The molecule has 0 unspecified atom stereocenters. The molecule has 7 heteroatoms. The number of para-hydroxylation sites is 2. The van der Waals surface area contributed by atoms with Crippen molar-refractivity contribution in [2.45, 2.75) is 6.67 Å². The van der Waals surface area contributed by atoms with Crippen molar-refractivity contribution in [3.63, 3.8) is 0 Å². The lowest BCUT2D eigenvalue weighted by Crippen LogP contribution is -3.14. The van der Waals surface area contributed by atoms with Gasteiger partial charge in [-0.05, 0) is 48.6 Å². The number of aromatic nitrogens is 3. The molecule has 1 aliphatic heterocycles. The maximum atomic E-state index is 5.84. The second-order valence-electron chi connectivity index (χ2n) is 7.48. The predicted molar refractivity (Wildman–Crippen MR) is 119 cm³/mol. The molecule has 4 aromatic rings. The van der Waals surface area contributed by atoms with Crippen molar-refractivity contribution in [3.8, 4) is 17.3 Å². The number of anilines is 1. The van der Waals surface area contributed by atoms with Crippen LogP contribution >= 0.6 is 12.2 Å². The van der Waals surface area contributed by atoms with Crippen molar-refractivity contribution in [1.29, 1.82) is 0 Å². The van der Waals surface area contributed by atoms with Crippen molar-refractivity contribution in [3.05, 3.63) is 83.8 Å². The molecule has 1 N–H and O–H groups in total. The van der Waals surface area contributed by atoms with Gasteiger partial charge >= 0.3 is 0 Å². The smallest absolute Gasteiger partial charge is 0.207 e. The average molecular weight is 419 g/mol. The normalized spacial score (nSPS) is 14.9. The minimum atomic E-state index is 0.686. The predicted octanol–water partition coefficient (Wildman–Crippen LogP) is 3.03. The molecule has 152 valence electrons. The highest BCUT2D eigenvalue weighted by molar-refractivity contribution is 7.71. The van der Waals surface area contributed by atoms with E-state index in [1.807, 2.05) is 51.7 Å². The quantitative estimate of drug-likeness (QED) is 0.506. The highest BCUT2D eigenvalue weighted by atomic mass is 32.1. The third kappa shape index (κ3) is 3.69. The second kappa shape index (κ2) is 8.30. The summed E-state index contributed by atoms with van der Waals surface area (Å²) in [6, 6.07) is 24.5. The van der Waals surface area contributed by atoms with E-state index >= 15 is 0 Å². The number of benzene rings is 2. The number of piperazine rings is 1. The van der Waals surface area contributed by atoms with E-state index in [2.05, 4.69) is 35.2 Å². The summed E-state index contributed by atoms with van der Waals surface area (Å²) in [6.45, 7) is 4.89. The molecule has 0 bridgehead atoms. The first-order chi connectivity index (χ1) is 14.8. The van der Waals surface area contributed by atoms with Gasteiger partial charge in [0.25, 0.3) is 0 Å². The number of hydrogen-bond acceptors (Lipinski definition) is 4. The molecule has 30 heavy (non-hydrogen) atoms. The molecule has 0 radical (unpaired) electrons. The first kappa shape index (κ1) is 18.8. The van der Waals surface area contributed by atoms with Crippen molar-refractivity contribution in [2.24, 2.45) is 0 Å². The van der Waals surface area contributed by atoms with E-state index in [9.17, 15) is 0 Å². The van der Waals surface area contributed by atoms with Crippen LogP contribution in [0.25, 0.3) is 17.3 Å². The summed E-state index contributed by atoms with van der Waals surface area (Å²) >= 11 is 5.84. The van der Waals surface area contributed by atoms with E-state index in [0.29, 0.717) is 10.5 Å². The Morgan fingerprint density at radius 2 is 1.53 bits per heavy atom. The highest BCUT2D eigenvalue weighted by Crippen LogP contribution is 2.22. The van der Waals surface area contributed by atoms with Crippen LogP contribution in [0.1, 0.15) is 0 Å². The second-order valence-corrected chi connectivity index (χ2v) is 7.85. The molecule has 6 nitrogen and oxygen atoms in total. The van der Waals surface area contributed by atoms with Gasteiger partial charge < -0.3 is 14.2 Å². The number of hydrogen-bond donors (Lipinski definition) is 1. The minimum Gasteiger partial charge on any atom is -0.461 e. The average Bonchev–Trinajstić information content (AvgIpc) is 3.44. The zero-order chi connectivity index (χ0) is 20.3. The van der Waals surface area contributed by atoms with Crippen LogP contribution in [0.5, 0.6) is 0 Å². The number of rotatable bonds is 5. The largest absolute Gasteiger partial charge is 0.461 e. The molecule has 2 aromatic heterocycles. The van der Waals surface area contributed by atoms with E-state index in [4.69, 9.17) is 21.7 Å². The standard InChI is InChI=1S/C23H23N5OS/c30-23-27(18-25-13-15-26(16-14-25)19-8-3-1-4-9-19)24-22(21-12-7-17-29-21)28(23)20-10-5-2-6-11-20/h1-12,17H,13-16,18H2/p+1. The maximum absolute atomic E-state index is 5.84. The summed E-state index contributed by atoms with van der Waals surface area (Å²) in [5, 5.41) is 4.85. The molecule has 0 amide bonds. The molecular weight excluding hydrogens is 394 g/mol. The van der Waals surface area contributed by atoms with Crippen molar-refractivity contribution in [1.82, 2.24) is 14.3 Å². The van der Waals surface area contributed by atoms with Gasteiger partial charge in [0.1, 0.15) is 0 Å². The molecule has 1 saturated heterocycles. The lowest BCUT2D eigenvalue weighted by molar-refractivity contribution is -0.924. The van der Waals surface area contributed by atoms with Crippen LogP contribution in [-0.4, -0.2) is 40.5 Å². The van der Waals surface area contributed by atoms with Crippen molar-refractivity contribution >= 4 is 17.9 Å². The molecule has 2 aromatic carbocycles. The summed E-state index contributed by atoms with van der Waals surface area (Å²) in [7, 11) is 0. The lowest BCUT2D eigenvalue weighted by atomic mass is 10.2. The van der Waals surface area contributed by atoms with Gasteiger partial charge in [-0.1, -0.05) is 36.4 Å². The van der Waals surface area contributed by atoms with Gasteiger partial charge in [-0.15, -0.1) is 5.10 Å². The van der Waals surface area contributed by atoms with Crippen LogP contribution in [0.4, 0.5) is 5.69 Å². The molecular formula is C23H24N5OS+. The highest BCUT2D eigenvalue weighted by Gasteiger charge is 2.23. The van der Waals surface area contributed by atoms with Crippen LogP contribution in [0.15, 0.2) is 83.5 Å². The number of quaternary nitrogens is 1. The van der Waals surface area contributed by atoms with Gasteiger partial charge in [0.2, 0.25) is 10.6 Å². The third-order valence-corrected chi connectivity index (χ3v) is 5.95. The Hall–Kier alpha value is -3.16. The van der Waals surface area contributed by atoms with Crippen LogP contribution in [0.2, 0.25) is 0 Å². The van der Waals surface area contributed by atoms with Crippen LogP contribution in [-0.2, 0) is 6.67 Å². The molecule has 1 fully saturated rings. The van der Waals surface area contributed by atoms with Gasteiger partial charge in [-0.2, -0.15) is 4.68 Å². The van der Waals surface area contributed by atoms with Gasteiger partial charge in [0.05, 0.1) is 38.1 Å². The Morgan fingerprint density at radius 3 is 2.17 bits per heavy atom. The maximum Gasteiger partial charge on any atom is 0.207 e. The van der Waals surface area contributed by atoms with E-state index in [-0.39, 0.29) is 0 Å². The minimum absolute atomic E-state index is 0.686. The Morgan fingerprint density at radius 1 is 0.867 bits per heavy atom. The fourth-order valence-electron chi connectivity index (χ4n) is 3.98. The molecule has 0 saturated carbocycles. The lowest BCUT2D eigenvalue weighted by Gasteiger charge is -2.33. The Labute approximate surface area is 180 Å². The summed E-state index contributed by atoms with van der Waals surface area (Å²) < 4.78 is 10.3. The first-order valence-electron chi connectivity index (χ1n) is 10.2. The van der Waals surface area contributed by atoms with E-state index < -0.39 is 0 Å². The van der Waals surface area contributed by atoms with Crippen LogP contribution in [0.3, 0.4) is 0 Å². The number of nitrogens with zero attached hydrogens (tertiary/aromatic N) is 4. The fraction of sp³-hybridized carbons (Fsp3) is 0.217. The molecule has 0 aliphatic carbocycles. The number of nitrogens with one attached hydrogen (secondary N) is 1. The van der Waals surface area contributed by atoms with Gasteiger partial charge in [-0.25, -0.2) is 0 Å². The van der Waals surface area contributed by atoms with Crippen LogP contribution in [0, 0.1) is 4.77 Å². The summed E-state index contributed by atoms with van der Waals surface area (Å²) in [4.78, 5) is 3.92. The van der Waals surface area contributed by atoms with E-state index in [1.54, 1.807) is 6.26 Å². The monoisotopic (exact) mass is 418 g/mol. The van der Waals surface area contributed by atoms with Crippen molar-refractivity contribution in [2.75, 3.05) is 31.1 Å². The van der Waals surface area contributed by atoms with E-state index in [1.165, 1.54) is 10.6 Å². The molecule has 0 atom stereocenters. The topological polar surface area (TPSA) is 43.6 Å². The summed E-state index contributed by atoms with van der Waals surface area (Å²) in [5.74, 6) is 1.45. The SMILES string of the molecule is S=c1n(C[NH+]2CCN(c3ccccc3)CC2)nc(-c2ccco2)n1-c1ccccc1. The molecule has 0 spiro atoms. The molecule has 5 rings (SSSR count).